The van der Waals surface area contributed by atoms with Crippen molar-refractivity contribution in [1.29, 1.82) is 0 Å². The highest BCUT2D eigenvalue weighted by atomic mass is 35.5. The summed E-state index contributed by atoms with van der Waals surface area (Å²) in [7, 11) is -4.31. The first-order valence-corrected chi connectivity index (χ1v) is 11.2. The monoisotopic (exact) mass is 416 g/mol. The molecule has 0 saturated heterocycles. The molecule has 1 unspecified atom stereocenters. The number of benzene rings is 1. The van der Waals surface area contributed by atoms with Crippen LogP contribution in [0.2, 0.25) is 5.02 Å². The van der Waals surface area contributed by atoms with Crippen molar-refractivity contribution >= 4 is 33.6 Å². The second-order valence-electron chi connectivity index (χ2n) is 6.54. The number of amides is 3. The normalized spacial score (nSPS) is 12.4. The molecule has 8 heteroatoms. The molecule has 1 N–H and O–H groups in total. The Labute approximate surface area is 167 Å². The molecule has 0 aromatic heterocycles. The van der Waals surface area contributed by atoms with Gasteiger partial charge in [-0.3, -0.25) is 4.79 Å². The lowest BCUT2D eigenvalue weighted by Crippen LogP contribution is -2.49. The van der Waals surface area contributed by atoms with E-state index < -0.39 is 27.9 Å². The number of carbonyl (C=O) groups is 2. The van der Waals surface area contributed by atoms with Crippen LogP contribution in [0.1, 0.15) is 59.3 Å². The minimum Gasteiger partial charge on any atom is -0.337 e. The number of halogens is 1. The van der Waals surface area contributed by atoms with Gasteiger partial charge in [0, 0.05) is 17.5 Å². The summed E-state index contributed by atoms with van der Waals surface area (Å²) in [6.45, 7) is 5.87. The maximum absolute atomic E-state index is 13.0. The van der Waals surface area contributed by atoms with Gasteiger partial charge in [-0.05, 0) is 37.1 Å². The van der Waals surface area contributed by atoms with Gasteiger partial charge in [0.05, 0.1) is 4.90 Å². The van der Waals surface area contributed by atoms with E-state index >= 15 is 0 Å². The van der Waals surface area contributed by atoms with E-state index in [4.69, 9.17) is 11.6 Å². The van der Waals surface area contributed by atoms with Gasteiger partial charge in [0.1, 0.15) is 0 Å². The molecule has 0 saturated carbocycles. The number of imide groups is 1. The molecule has 0 bridgehead atoms. The number of nitrogens with one attached hydrogen (secondary N) is 1. The van der Waals surface area contributed by atoms with Crippen molar-refractivity contribution in [2.45, 2.75) is 64.2 Å². The lowest BCUT2D eigenvalue weighted by molar-refractivity contribution is -0.128. The molecular weight excluding hydrogens is 388 g/mol. The summed E-state index contributed by atoms with van der Waals surface area (Å²) in [6.07, 6.45) is 5.07. The van der Waals surface area contributed by atoms with Gasteiger partial charge in [0.25, 0.3) is 10.0 Å². The van der Waals surface area contributed by atoms with Crippen molar-refractivity contribution in [3.63, 3.8) is 0 Å². The van der Waals surface area contributed by atoms with Crippen molar-refractivity contribution in [3.8, 4) is 0 Å². The molecule has 152 valence electrons. The Bertz CT molecular complexity index is 720. The number of nitrogens with zero attached hydrogens (tertiary/aromatic N) is 1. The molecule has 0 spiro atoms. The smallest absolute Gasteiger partial charge is 0.337 e. The highest BCUT2D eigenvalue weighted by Crippen LogP contribution is 2.22. The van der Waals surface area contributed by atoms with Crippen LogP contribution in [0.15, 0.2) is 29.2 Å². The van der Waals surface area contributed by atoms with E-state index in [9.17, 15) is 18.0 Å². The first-order valence-electron chi connectivity index (χ1n) is 9.38. The Balaban J connectivity index is 3.10. The SMILES string of the molecule is CCCCCCC(C)C(=O)N(C(=O)NCCC)S(=O)(=O)c1ccc(Cl)cc1. The standard InChI is InChI=1S/C19H29ClN2O4S/c1-4-6-7-8-9-15(3)18(23)22(19(24)21-14-5-2)27(25,26)17-12-10-16(20)11-13-17/h10-13,15H,4-9,14H2,1-3H3,(H,21,24). The zero-order valence-corrected chi connectivity index (χ0v) is 17.8. The highest BCUT2D eigenvalue weighted by Gasteiger charge is 2.37. The van der Waals surface area contributed by atoms with Crippen LogP contribution in [0.25, 0.3) is 0 Å². The third kappa shape index (κ3) is 6.81. The van der Waals surface area contributed by atoms with Crippen LogP contribution in [0.5, 0.6) is 0 Å². The predicted molar refractivity (Wildman–Crippen MR) is 107 cm³/mol. The molecule has 0 heterocycles. The van der Waals surface area contributed by atoms with Crippen molar-refractivity contribution in [2.24, 2.45) is 5.92 Å². The molecule has 0 fully saturated rings. The summed E-state index contributed by atoms with van der Waals surface area (Å²) in [5.74, 6) is -1.29. The number of carbonyl (C=O) groups excluding carboxylic acids is 2. The molecular formula is C19H29ClN2O4S. The van der Waals surface area contributed by atoms with Gasteiger partial charge >= 0.3 is 6.03 Å². The van der Waals surface area contributed by atoms with E-state index in [1.54, 1.807) is 6.92 Å². The Morgan fingerprint density at radius 3 is 2.26 bits per heavy atom. The molecule has 3 amide bonds. The lowest BCUT2D eigenvalue weighted by atomic mass is 10.0. The molecule has 1 aromatic rings. The van der Waals surface area contributed by atoms with Crippen molar-refractivity contribution < 1.29 is 18.0 Å². The summed E-state index contributed by atoms with van der Waals surface area (Å²) in [5.41, 5.74) is 0. The first-order chi connectivity index (χ1) is 12.8. The van der Waals surface area contributed by atoms with Gasteiger partial charge in [-0.1, -0.05) is 58.1 Å². The number of urea groups is 1. The van der Waals surface area contributed by atoms with Crippen LogP contribution in [-0.4, -0.2) is 31.2 Å². The molecule has 27 heavy (non-hydrogen) atoms. The molecule has 6 nitrogen and oxygen atoms in total. The summed E-state index contributed by atoms with van der Waals surface area (Å²) in [4.78, 5) is 25.2. The third-order valence-electron chi connectivity index (χ3n) is 4.17. The Kier molecular flexibility index (Phi) is 9.80. The Hall–Kier alpha value is -1.60. The fourth-order valence-electron chi connectivity index (χ4n) is 2.54. The molecule has 1 atom stereocenters. The van der Waals surface area contributed by atoms with Gasteiger partial charge in [0.2, 0.25) is 5.91 Å². The lowest BCUT2D eigenvalue weighted by Gasteiger charge is -2.24. The minimum absolute atomic E-state index is 0.148. The maximum atomic E-state index is 13.0. The van der Waals surface area contributed by atoms with Gasteiger partial charge in [0.15, 0.2) is 0 Å². The zero-order chi connectivity index (χ0) is 20.4. The zero-order valence-electron chi connectivity index (χ0n) is 16.2. The van der Waals surface area contributed by atoms with E-state index in [-0.39, 0.29) is 11.4 Å². The largest absolute Gasteiger partial charge is 0.338 e. The second-order valence-corrected chi connectivity index (χ2v) is 8.77. The van der Waals surface area contributed by atoms with Gasteiger partial charge in [-0.15, -0.1) is 0 Å². The minimum atomic E-state index is -4.31. The number of rotatable bonds is 10. The van der Waals surface area contributed by atoms with Crippen LogP contribution < -0.4 is 5.32 Å². The fourth-order valence-corrected chi connectivity index (χ4v) is 4.06. The Morgan fingerprint density at radius 1 is 1.07 bits per heavy atom. The van der Waals surface area contributed by atoms with Gasteiger partial charge in [-0.2, -0.15) is 4.31 Å². The molecule has 1 rings (SSSR count). The van der Waals surface area contributed by atoms with Crippen LogP contribution in [0.4, 0.5) is 4.79 Å². The number of hydrogen-bond acceptors (Lipinski definition) is 4. The average molecular weight is 417 g/mol. The Morgan fingerprint density at radius 2 is 1.70 bits per heavy atom. The van der Waals surface area contributed by atoms with E-state index in [1.807, 2.05) is 6.92 Å². The first kappa shape index (κ1) is 23.4. The van der Waals surface area contributed by atoms with E-state index in [0.29, 0.717) is 22.2 Å². The molecule has 0 aliphatic rings. The summed E-state index contributed by atoms with van der Waals surface area (Å²) >= 11 is 5.81. The van der Waals surface area contributed by atoms with E-state index in [2.05, 4.69) is 12.2 Å². The van der Waals surface area contributed by atoms with Crippen LogP contribution >= 0.6 is 11.6 Å². The predicted octanol–water partition coefficient (Wildman–Crippen LogP) is 4.58. The average Bonchev–Trinajstić information content (AvgIpc) is 2.63. The van der Waals surface area contributed by atoms with Gasteiger partial charge in [-0.25, -0.2) is 13.2 Å². The summed E-state index contributed by atoms with van der Waals surface area (Å²) < 4.78 is 26.3. The summed E-state index contributed by atoms with van der Waals surface area (Å²) in [6, 6.07) is 4.48. The van der Waals surface area contributed by atoms with Crippen molar-refractivity contribution in [2.75, 3.05) is 6.54 Å². The van der Waals surface area contributed by atoms with Crippen LogP contribution in [0, 0.1) is 5.92 Å². The number of hydrogen-bond donors (Lipinski definition) is 1. The molecule has 1 aromatic carbocycles. The van der Waals surface area contributed by atoms with Crippen LogP contribution in [0.3, 0.4) is 0 Å². The van der Waals surface area contributed by atoms with E-state index in [1.165, 1.54) is 24.3 Å². The quantitative estimate of drug-likeness (QED) is 0.565. The van der Waals surface area contributed by atoms with Crippen LogP contribution in [-0.2, 0) is 14.8 Å². The fraction of sp³-hybridized carbons (Fsp3) is 0.579. The van der Waals surface area contributed by atoms with E-state index in [0.717, 1.165) is 25.7 Å². The van der Waals surface area contributed by atoms with Crippen molar-refractivity contribution in [3.05, 3.63) is 29.3 Å². The number of unbranched alkanes of at least 4 members (excludes halogenated alkanes) is 3. The number of sulfonamides is 1. The van der Waals surface area contributed by atoms with Crippen molar-refractivity contribution in [1.82, 2.24) is 9.62 Å². The second kappa shape index (κ2) is 11.3. The highest BCUT2D eigenvalue weighted by molar-refractivity contribution is 7.90. The summed E-state index contributed by atoms with van der Waals surface area (Å²) in [5, 5.41) is 2.86. The molecule has 0 aliphatic carbocycles. The molecule has 0 aliphatic heterocycles. The topological polar surface area (TPSA) is 83.6 Å². The maximum Gasteiger partial charge on any atom is 0.338 e. The third-order valence-corrected chi connectivity index (χ3v) is 6.12. The molecule has 0 radical (unpaired) electrons. The van der Waals surface area contributed by atoms with Gasteiger partial charge < -0.3 is 5.32 Å².